The fraction of sp³-hybridized carbons (Fsp3) is 0.786. The summed E-state index contributed by atoms with van der Waals surface area (Å²) >= 11 is 1.82. The maximum atomic E-state index is 5.50. The smallest absolute Gasteiger partial charge is 0.185 e. The highest BCUT2D eigenvalue weighted by molar-refractivity contribution is 7.15. The molecule has 1 saturated heterocycles. The third-order valence-corrected chi connectivity index (χ3v) is 4.43. The molecular weight excluding hydrogens is 258 g/mol. The zero-order chi connectivity index (χ0) is 13.7. The SMILES string of the molecule is Cc1nc(N2CCCOCC2)sc1CNCC(C)C. The van der Waals surface area contributed by atoms with Crippen LogP contribution in [0.4, 0.5) is 5.13 Å². The second-order valence-corrected chi connectivity index (χ2v) is 6.54. The van der Waals surface area contributed by atoms with Gasteiger partial charge in [0, 0.05) is 31.1 Å². The molecule has 1 aromatic heterocycles. The molecule has 5 heteroatoms. The van der Waals surface area contributed by atoms with Gasteiger partial charge in [0.1, 0.15) is 0 Å². The number of aromatic nitrogens is 1. The van der Waals surface area contributed by atoms with Gasteiger partial charge in [-0.1, -0.05) is 13.8 Å². The summed E-state index contributed by atoms with van der Waals surface area (Å²) in [6.07, 6.45) is 1.10. The lowest BCUT2D eigenvalue weighted by Crippen LogP contribution is -2.25. The normalized spacial score (nSPS) is 16.9. The lowest BCUT2D eigenvalue weighted by atomic mass is 10.2. The molecule has 1 aromatic rings. The van der Waals surface area contributed by atoms with Gasteiger partial charge in [-0.25, -0.2) is 4.98 Å². The molecule has 0 bridgehead atoms. The lowest BCUT2D eigenvalue weighted by Gasteiger charge is -2.17. The molecule has 19 heavy (non-hydrogen) atoms. The van der Waals surface area contributed by atoms with Crippen LogP contribution in [-0.2, 0) is 11.3 Å². The summed E-state index contributed by atoms with van der Waals surface area (Å²) in [4.78, 5) is 8.44. The minimum absolute atomic E-state index is 0.690. The van der Waals surface area contributed by atoms with Gasteiger partial charge >= 0.3 is 0 Å². The highest BCUT2D eigenvalue weighted by Crippen LogP contribution is 2.26. The van der Waals surface area contributed by atoms with E-state index in [1.54, 1.807) is 0 Å². The first-order valence-corrected chi connectivity index (χ1v) is 7.98. The van der Waals surface area contributed by atoms with E-state index in [4.69, 9.17) is 9.72 Å². The zero-order valence-electron chi connectivity index (χ0n) is 12.2. The molecule has 0 amide bonds. The Morgan fingerprint density at radius 2 is 2.21 bits per heavy atom. The van der Waals surface area contributed by atoms with Crippen molar-refractivity contribution in [2.24, 2.45) is 5.92 Å². The van der Waals surface area contributed by atoms with Gasteiger partial charge in [-0.05, 0) is 25.8 Å². The lowest BCUT2D eigenvalue weighted by molar-refractivity contribution is 0.152. The third kappa shape index (κ3) is 4.44. The number of hydrogen-bond donors (Lipinski definition) is 1. The zero-order valence-corrected chi connectivity index (χ0v) is 13.1. The molecule has 0 radical (unpaired) electrons. The second-order valence-electron chi connectivity index (χ2n) is 5.48. The quantitative estimate of drug-likeness (QED) is 0.900. The molecular formula is C14H25N3OS. The Balaban J connectivity index is 1.94. The summed E-state index contributed by atoms with van der Waals surface area (Å²) in [5, 5.41) is 4.65. The number of nitrogens with zero attached hydrogens (tertiary/aromatic N) is 2. The summed E-state index contributed by atoms with van der Waals surface area (Å²) in [5.41, 5.74) is 1.17. The van der Waals surface area contributed by atoms with Crippen LogP contribution in [0.5, 0.6) is 0 Å². The summed E-state index contributed by atoms with van der Waals surface area (Å²) in [6.45, 7) is 12.3. The number of anilines is 1. The summed E-state index contributed by atoms with van der Waals surface area (Å²) in [6, 6.07) is 0. The minimum atomic E-state index is 0.690. The number of hydrogen-bond acceptors (Lipinski definition) is 5. The topological polar surface area (TPSA) is 37.4 Å². The summed E-state index contributed by atoms with van der Waals surface area (Å²) in [5.74, 6) is 0.690. The average molecular weight is 283 g/mol. The van der Waals surface area contributed by atoms with Gasteiger partial charge in [0.05, 0.1) is 12.3 Å². The van der Waals surface area contributed by atoms with Crippen molar-refractivity contribution in [3.05, 3.63) is 10.6 Å². The molecule has 1 aliphatic heterocycles. The van der Waals surface area contributed by atoms with Crippen molar-refractivity contribution >= 4 is 16.5 Å². The Labute approximate surface area is 120 Å². The van der Waals surface area contributed by atoms with Gasteiger partial charge < -0.3 is 15.0 Å². The molecule has 108 valence electrons. The van der Waals surface area contributed by atoms with Crippen molar-refractivity contribution < 1.29 is 4.74 Å². The Kier molecular flexibility index (Phi) is 5.60. The van der Waals surface area contributed by atoms with E-state index in [-0.39, 0.29) is 0 Å². The average Bonchev–Trinajstić information content (AvgIpc) is 2.60. The third-order valence-electron chi connectivity index (χ3n) is 3.21. The molecule has 4 nitrogen and oxygen atoms in total. The standard InChI is InChI=1S/C14H25N3OS/c1-11(2)9-15-10-13-12(3)16-14(19-13)17-5-4-7-18-8-6-17/h11,15H,4-10H2,1-3H3. The van der Waals surface area contributed by atoms with E-state index in [0.29, 0.717) is 5.92 Å². The molecule has 0 aliphatic carbocycles. The number of ether oxygens (including phenoxy) is 1. The molecule has 1 N–H and O–H groups in total. The van der Waals surface area contributed by atoms with Gasteiger partial charge in [0.25, 0.3) is 0 Å². The number of rotatable bonds is 5. The molecule has 0 atom stereocenters. The Bertz CT molecular complexity index is 384. The van der Waals surface area contributed by atoms with Crippen LogP contribution in [0.1, 0.15) is 30.8 Å². The van der Waals surface area contributed by atoms with Crippen molar-refractivity contribution in [2.45, 2.75) is 33.7 Å². The molecule has 0 aromatic carbocycles. The molecule has 1 aliphatic rings. The van der Waals surface area contributed by atoms with E-state index in [1.807, 2.05) is 11.3 Å². The van der Waals surface area contributed by atoms with Crippen LogP contribution in [0.15, 0.2) is 0 Å². The maximum Gasteiger partial charge on any atom is 0.185 e. The fourth-order valence-electron chi connectivity index (χ4n) is 2.12. The Morgan fingerprint density at radius 3 is 3.00 bits per heavy atom. The van der Waals surface area contributed by atoms with Crippen molar-refractivity contribution in [1.29, 1.82) is 0 Å². The van der Waals surface area contributed by atoms with E-state index in [1.165, 1.54) is 10.6 Å². The van der Waals surface area contributed by atoms with Crippen LogP contribution in [0.3, 0.4) is 0 Å². The van der Waals surface area contributed by atoms with Gasteiger partial charge in [-0.3, -0.25) is 0 Å². The largest absolute Gasteiger partial charge is 0.380 e. The molecule has 1 fully saturated rings. The van der Waals surface area contributed by atoms with Crippen LogP contribution in [0.25, 0.3) is 0 Å². The number of nitrogens with one attached hydrogen (secondary N) is 1. The van der Waals surface area contributed by atoms with Gasteiger partial charge in [0.15, 0.2) is 5.13 Å². The predicted molar refractivity (Wildman–Crippen MR) is 81.0 cm³/mol. The first kappa shape index (κ1) is 14.8. The van der Waals surface area contributed by atoms with Gasteiger partial charge in [-0.15, -0.1) is 11.3 Å². The minimum Gasteiger partial charge on any atom is -0.380 e. The highest BCUT2D eigenvalue weighted by atomic mass is 32.1. The van der Waals surface area contributed by atoms with E-state index >= 15 is 0 Å². The van der Waals surface area contributed by atoms with Crippen molar-refractivity contribution in [3.8, 4) is 0 Å². The molecule has 0 unspecified atom stereocenters. The number of aryl methyl sites for hydroxylation is 1. The van der Waals surface area contributed by atoms with E-state index in [0.717, 1.165) is 50.9 Å². The molecule has 2 heterocycles. The summed E-state index contributed by atoms with van der Waals surface area (Å²) in [7, 11) is 0. The van der Waals surface area contributed by atoms with E-state index in [2.05, 4.69) is 31.0 Å². The van der Waals surface area contributed by atoms with Crippen LogP contribution in [-0.4, -0.2) is 37.8 Å². The maximum absolute atomic E-state index is 5.50. The van der Waals surface area contributed by atoms with Crippen LogP contribution >= 0.6 is 11.3 Å². The predicted octanol–water partition coefficient (Wildman–Crippen LogP) is 2.42. The van der Waals surface area contributed by atoms with Crippen molar-refractivity contribution in [3.63, 3.8) is 0 Å². The van der Waals surface area contributed by atoms with Crippen LogP contribution in [0.2, 0.25) is 0 Å². The second kappa shape index (κ2) is 7.22. The first-order valence-electron chi connectivity index (χ1n) is 7.16. The molecule has 0 spiro atoms. The first-order chi connectivity index (χ1) is 9.16. The Morgan fingerprint density at radius 1 is 1.37 bits per heavy atom. The van der Waals surface area contributed by atoms with Gasteiger partial charge in [0.2, 0.25) is 0 Å². The summed E-state index contributed by atoms with van der Waals surface area (Å²) < 4.78 is 5.50. The van der Waals surface area contributed by atoms with E-state index in [9.17, 15) is 0 Å². The monoisotopic (exact) mass is 283 g/mol. The van der Waals surface area contributed by atoms with E-state index < -0.39 is 0 Å². The number of thiazole rings is 1. The molecule has 0 saturated carbocycles. The highest BCUT2D eigenvalue weighted by Gasteiger charge is 2.15. The fourth-order valence-corrected chi connectivity index (χ4v) is 3.21. The van der Waals surface area contributed by atoms with Crippen molar-refractivity contribution in [2.75, 3.05) is 37.7 Å². The van der Waals surface area contributed by atoms with Gasteiger partial charge in [-0.2, -0.15) is 0 Å². The van der Waals surface area contributed by atoms with Crippen LogP contribution in [0, 0.1) is 12.8 Å². The Hall–Kier alpha value is -0.650. The van der Waals surface area contributed by atoms with Crippen LogP contribution < -0.4 is 10.2 Å². The van der Waals surface area contributed by atoms with Crippen molar-refractivity contribution in [1.82, 2.24) is 10.3 Å². The molecule has 2 rings (SSSR count).